The largest absolute Gasteiger partial charge is 0.326 e. The fourth-order valence-electron chi connectivity index (χ4n) is 3.83. The van der Waals surface area contributed by atoms with Crippen LogP contribution in [0.5, 0.6) is 0 Å². The quantitative estimate of drug-likeness (QED) is 0.732. The standard InChI is InChI=1S/C22H27N3O4S/c1-16-20(21(26)25(3)22(27)24(16)2)30(28,29)23-15-14-19(17-10-6-4-7-11-17)18-12-8-5-9-13-18/h4-13,16,19-20,23H,14-15H2,1-3H3. The van der Waals surface area contributed by atoms with Crippen LogP contribution in [0.4, 0.5) is 4.79 Å². The minimum Gasteiger partial charge on any atom is -0.323 e. The van der Waals surface area contributed by atoms with Crippen molar-refractivity contribution in [3.8, 4) is 0 Å². The predicted molar refractivity (Wildman–Crippen MR) is 115 cm³/mol. The van der Waals surface area contributed by atoms with E-state index in [-0.39, 0.29) is 12.5 Å². The molecular weight excluding hydrogens is 402 g/mol. The van der Waals surface area contributed by atoms with Gasteiger partial charge in [-0.3, -0.25) is 9.69 Å². The monoisotopic (exact) mass is 429 g/mol. The predicted octanol–water partition coefficient (Wildman–Crippen LogP) is 2.41. The fraction of sp³-hybridized carbons (Fsp3) is 0.364. The number of amides is 3. The Balaban J connectivity index is 1.76. The van der Waals surface area contributed by atoms with E-state index >= 15 is 0 Å². The molecule has 3 amide bonds. The maximum atomic E-state index is 13.0. The molecule has 0 radical (unpaired) electrons. The average molecular weight is 430 g/mol. The number of nitrogens with zero attached hydrogens (tertiary/aromatic N) is 2. The van der Waals surface area contributed by atoms with E-state index in [9.17, 15) is 18.0 Å². The van der Waals surface area contributed by atoms with Gasteiger partial charge in [0.2, 0.25) is 10.0 Å². The van der Waals surface area contributed by atoms with Crippen LogP contribution in [0.3, 0.4) is 0 Å². The molecule has 7 nitrogen and oxygen atoms in total. The van der Waals surface area contributed by atoms with Crippen molar-refractivity contribution in [2.24, 2.45) is 0 Å². The summed E-state index contributed by atoms with van der Waals surface area (Å²) in [5.41, 5.74) is 2.19. The molecule has 0 saturated carbocycles. The number of hydrogen-bond acceptors (Lipinski definition) is 4. The third-order valence-electron chi connectivity index (χ3n) is 5.69. The molecule has 0 aliphatic carbocycles. The van der Waals surface area contributed by atoms with Crippen LogP contribution in [-0.4, -0.2) is 62.1 Å². The number of sulfonamides is 1. The van der Waals surface area contributed by atoms with Gasteiger partial charge >= 0.3 is 6.03 Å². The second kappa shape index (κ2) is 8.97. The number of rotatable bonds is 7. The second-order valence-corrected chi connectivity index (χ2v) is 9.44. The van der Waals surface area contributed by atoms with Crippen LogP contribution in [-0.2, 0) is 14.8 Å². The number of nitrogens with one attached hydrogen (secondary N) is 1. The second-order valence-electron chi connectivity index (χ2n) is 7.55. The molecule has 1 heterocycles. The Morgan fingerprint density at radius 1 is 0.933 bits per heavy atom. The Kier molecular flexibility index (Phi) is 6.58. The highest BCUT2D eigenvalue weighted by Crippen LogP contribution is 2.28. The van der Waals surface area contributed by atoms with E-state index in [0.29, 0.717) is 6.42 Å². The third kappa shape index (κ3) is 4.39. The van der Waals surface area contributed by atoms with Gasteiger partial charge in [0.25, 0.3) is 5.91 Å². The molecule has 8 heteroatoms. The maximum absolute atomic E-state index is 13.0. The Labute approximate surface area is 177 Å². The summed E-state index contributed by atoms with van der Waals surface area (Å²) in [6, 6.07) is 18.6. The summed E-state index contributed by atoms with van der Waals surface area (Å²) in [7, 11) is -1.16. The molecule has 2 aromatic carbocycles. The van der Waals surface area contributed by atoms with Gasteiger partial charge in [0.15, 0.2) is 5.25 Å². The lowest BCUT2D eigenvalue weighted by Crippen LogP contribution is -2.64. The van der Waals surface area contributed by atoms with E-state index in [4.69, 9.17) is 0 Å². The van der Waals surface area contributed by atoms with Crippen molar-refractivity contribution < 1.29 is 18.0 Å². The Morgan fingerprint density at radius 3 is 1.93 bits per heavy atom. The van der Waals surface area contributed by atoms with Crippen LogP contribution in [0, 0.1) is 0 Å². The molecular formula is C22H27N3O4S. The van der Waals surface area contributed by atoms with Crippen molar-refractivity contribution >= 4 is 22.0 Å². The maximum Gasteiger partial charge on any atom is 0.326 e. The Morgan fingerprint density at radius 2 is 1.43 bits per heavy atom. The van der Waals surface area contributed by atoms with E-state index in [1.165, 1.54) is 19.0 Å². The third-order valence-corrected chi connectivity index (χ3v) is 7.56. The van der Waals surface area contributed by atoms with Crippen molar-refractivity contribution in [1.82, 2.24) is 14.5 Å². The molecule has 0 bridgehead atoms. The van der Waals surface area contributed by atoms with Gasteiger partial charge in [0.05, 0.1) is 6.04 Å². The summed E-state index contributed by atoms with van der Waals surface area (Å²) in [6.07, 6.45) is 0.535. The van der Waals surface area contributed by atoms with Gasteiger partial charge in [-0.05, 0) is 24.5 Å². The zero-order valence-electron chi connectivity index (χ0n) is 17.4. The van der Waals surface area contributed by atoms with Crippen molar-refractivity contribution in [3.05, 3.63) is 71.8 Å². The minimum absolute atomic E-state index is 0.0153. The van der Waals surface area contributed by atoms with E-state index in [0.717, 1.165) is 16.0 Å². The summed E-state index contributed by atoms with van der Waals surface area (Å²) >= 11 is 0. The first-order chi connectivity index (χ1) is 14.2. The molecule has 1 aliphatic heterocycles. The summed E-state index contributed by atoms with van der Waals surface area (Å²) in [5.74, 6) is -0.692. The fourth-order valence-corrected chi connectivity index (χ4v) is 5.54. The zero-order valence-corrected chi connectivity index (χ0v) is 18.2. The molecule has 2 atom stereocenters. The van der Waals surface area contributed by atoms with Gasteiger partial charge in [-0.15, -0.1) is 0 Å². The lowest BCUT2D eigenvalue weighted by atomic mass is 9.89. The number of imide groups is 1. The van der Waals surface area contributed by atoms with Crippen LogP contribution in [0.1, 0.15) is 30.4 Å². The summed E-state index contributed by atoms with van der Waals surface area (Å²) in [4.78, 5) is 26.7. The highest BCUT2D eigenvalue weighted by atomic mass is 32.2. The summed E-state index contributed by atoms with van der Waals surface area (Å²) in [6.45, 7) is 1.75. The lowest BCUT2D eigenvalue weighted by Gasteiger charge is -2.39. The summed E-state index contributed by atoms with van der Waals surface area (Å²) < 4.78 is 28.5. The molecule has 2 aromatic rings. The van der Waals surface area contributed by atoms with Gasteiger partial charge < -0.3 is 4.90 Å². The lowest BCUT2D eigenvalue weighted by molar-refractivity contribution is -0.130. The number of urea groups is 1. The van der Waals surface area contributed by atoms with Crippen molar-refractivity contribution in [2.45, 2.75) is 30.6 Å². The average Bonchev–Trinajstić information content (AvgIpc) is 2.75. The van der Waals surface area contributed by atoms with Crippen molar-refractivity contribution in [2.75, 3.05) is 20.6 Å². The highest BCUT2D eigenvalue weighted by molar-refractivity contribution is 7.91. The van der Waals surface area contributed by atoms with E-state index < -0.39 is 33.3 Å². The van der Waals surface area contributed by atoms with E-state index in [1.807, 2.05) is 60.7 Å². The number of benzene rings is 2. The highest BCUT2D eigenvalue weighted by Gasteiger charge is 2.48. The molecule has 1 N–H and O–H groups in total. The molecule has 0 spiro atoms. The van der Waals surface area contributed by atoms with Crippen LogP contribution >= 0.6 is 0 Å². The first-order valence-electron chi connectivity index (χ1n) is 9.86. The SMILES string of the molecule is CC1C(S(=O)(=O)NCCC(c2ccccc2)c2ccccc2)C(=O)N(C)C(=O)N1C. The Bertz CT molecular complexity index is 956. The smallest absolute Gasteiger partial charge is 0.323 e. The topological polar surface area (TPSA) is 86.8 Å². The summed E-state index contributed by atoms with van der Waals surface area (Å²) in [5, 5.41) is -1.34. The molecule has 0 aromatic heterocycles. The zero-order chi connectivity index (χ0) is 21.9. The first kappa shape index (κ1) is 22.0. The normalized spacial score (nSPS) is 20.1. The molecule has 3 rings (SSSR count). The first-order valence-corrected chi connectivity index (χ1v) is 11.4. The molecule has 1 aliphatic rings. The Hall–Kier alpha value is -2.71. The van der Waals surface area contributed by atoms with Crippen LogP contribution < -0.4 is 4.72 Å². The minimum atomic E-state index is -3.97. The van der Waals surface area contributed by atoms with Gasteiger partial charge in [0.1, 0.15) is 0 Å². The van der Waals surface area contributed by atoms with Crippen molar-refractivity contribution in [1.29, 1.82) is 0 Å². The molecule has 1 fully saturated rings. The number of carbonyl (C=O) groups is 2. The van der Waals surface area contributed by atoms with Crippen LogP contribution in [0.25, 0.3) is 0 Å². The van der Waals surface area contributed by atoms with Gasteiger partial charge in [0, 0.05) is 26.6 Å². The van der Waals surface area contributed by atoms with Crippen LogP contribution in [0.15, 0.2) is 60.7 Å². The number of hydrogen-bond donors (Lipinski definition) is 1. The van der Waals surface area contributed by atoms with Gasteiger partial charge in [-0.1, -0.05) is 60.7 Å². The van der Waals surface area contributed by atoms with Crippen molar-refractivity contribution in [3.63, 3.8) is 0 Å². The van der Waals surface area contributed by atoms with Gasteiger partial charge in [-0.2, -0.15) is 0 Å². The van der Waals surface area contributed by atoms with E-state index in [2.05, 4.69) is 4.72 Å². The molecule has 30 heavy (non-hydrogen) atoms. The van der Waals surface area contributed by atoms with Crippen LogP contribution in [0.2, 0.25) is 0 Å². The molecule has 1 saturated heterocycles. The van der Waals surface area contributed by atoms with Gasteiger partial charge in [-0.25, -0.2) is 17.9 Å². The molecule has 2 unspecified atom stereocenters. The number of carbonyl (C=O) groups excluding carboxylic acids is 2. The molecule has 160 valence electrons. The van der Waals surface area contributed by atoms with E-state index in [1.54, 1.807) is 6.92 Å².